The first kappa shape index (κ1) is 13.2. The SMILES string of the molecule is Cc1ccc(C(Br)C(C)c2ccncc2)c(F)c1. The fraction of sp³-hybridized carbons (Fsp3) is 0.267. The standard InChI is InChI=1S/C15H15BrFN/c1-10-3-4-13(14(17)9-10)15(16)11(2)12-5-7-18-8-6-12/h3-9,11,15H,1-2H3. The largest absolute Gasteiger partial charge is 0.265 e. The van der Waals surface area contributed by atoms with Gasteiger partial charge in [0.1, 0.15) is 5.82 Å². The van der Waals surface area contributed by atoms with Crippen molar-refractivity contribution in [1.29, 1.82) is 0 Å². The van der Waals surface area contributed by atoms with E-state index in [1.54, 1.807) is 18.5 Å². The number of hydrogen-bond acceptors (Lipinski definition) is 1. The van der Waals surface area contributed by atoms with E-state index < -0.39 is 0 Å². The average Bonchev–Trinajstić information content (AvgIpc) is 2.38. The summed E-state index contributed by atoms with van der Waals surface area (Å²) in [6, 6.07) is 9.28. The third kappa shape index (κ3) is 2.78. The first-order chi connectivity index (χ1) is 8.59. The summed E-state index contributed by atoms with van der Waals surface area (Å²) in [7, 11) is 0. The van der Waals surface area contributed by atoms with Crippen LogP contribution >= 0.6 is 15.9 Å². The van der Waals surface area contributed by atoms with Gasteiger partial charge in [-0.15, -0.1) is 0 Å². The lowest BCUT2D eigenvalue weighted by atomic mass is 9.93. The first-order valence-electron chi connectivity index (χ1n) is 5.89. The Labute approximate surface area is 115 Å². The van der Waals surface area contributed by atoms with Gasteiger partial charge in [-0.25, -0.2) is 4.39 Å². The second kappa shape index (κ2) is 5.61. The summed E-state index contributed by atoms with van der Waals surface area (Å²) in [4.78, 5) is 3.96. The molecule has 94 valence electrons. The van der Waals surface area contributed by atoms with Gasteiger partial charge < -0.3 is 0 Å². The van der Waals surface area contributed by atoms with Crippen molar-refractivity contribution in [2.24, 2.45) is 0 Å². The van der Waals surface area contributed by atoms with E-state index in [4.69, 9.17) is 0 Å². The van der Waals surface area contributed by atoms with Crippen LogP contribution in [-0.2, 0) is 0 Å². The number of pyridine rings is 1. The molecule has 0 spiro atoms. The molecule has 0 bridgehead atoms. The molecule has 0 aliphatic carbocycles. The highest BCUT2D eigenvalue weighted by Crippen LogP contribution is 2.38. The van der Waals surface area contributed by atoms with E-state index >= 15 is 0 Å². The molecule has 1 aromatic heterocycles. The Hall–Kier alpha value is -1.22. The molecule has 0 aliphatic heterocycles. The van der Waals surface area contributed by atoms with E-state index in [0.29, 0.717) is 5.56 Å². The van der Waals surface area contributed by atoms with Crippen LogP contribution in [0.2, 0.25) is 0 Å². The molecule has 1 nitrogen and oxygen atoms in total. The lowest BCUT2D eigenvalue weighted by Crippen LogP contribution is -2.04. The summed E-state index contributed by atoms with van der Waals surface area (Å²) in [6.45, 7) is 3.97. The maximum absolute atomic E-state index is 13.9. The Bertz CT molecular complexity index is 527. The minimum atomic E-state index is -0.155. The summed E-state index contributed by atoms with van der Waals surface area (Å²) in [5.74, 6) is 0.0305. The van der Waals surface area contributed by atoms with Gasteiger partial charge in [0, 0.05) is 22.8 Å². The van der Waals surface area contributed by atoms with Crippen LogP contribution in [0.25, 0.3) is 0 Å². The molecule has 2 atom stereocenters. The number of halogens is 2. The van der Waals surface area contributed by atoms with Crippen LogP contribution in [0.1, 0.15) is 34.4 Å². The van der Waals surface area contributed by atoms with Crippen LogP contribution in [0.15, 0.2) is 42.7 Å². The average molecular weight is 308 g/mol. The zero-order valence-electron chi connectivity index (χ0n) is 10.4. The van der Waals surface area contributed by atoms with Crippen LogP contribution in [0.4, 0.5) is 4.39 Å². The third-order valence-electron chi connectivity index (χ3n) is 3.12. The zero-order chi connectivity index (χ0) is 13.1. The van der Waals surface area contributed by atoms with Crippen molar-refractivity contribution in [3.8, 4) is 0 Å². The Morgan fingerprint density at radius 3 is 2.44 bits per heavy atom. The van der Waals surface area contributed by atoms with E-state index in [9.17, 15) is 4.39 Å². The molecule has 0 aliphatic rings. The first-order valence-corrected chi connectivity index (χ1v) is 6.81. The molecule has 2 rings (SSSR count). The third-order valence-corrected chi connectivity index (χ3v) is 4.41. The molecule has 1 heterocycles. The molecule has 0 amide bonds. The van der Waals surface area contributed by atoms with E-state index in [2.05, 4.69) is 27.8 Å². The maximum Gasteiger partial charge on any atom is 0.127 e. The highest BCUT2D eigenvalue weighted by Gasteiger charge is 2.20. The molecular formula is C15H15BrFN. The van der Waals surface area contributed by atoms with Gasteiger partial charge in [-0.1, -0.05) is 35.0 Å². The van der Waals surface area contributed by atoms with Crippen molar-refractivity contribution in [3.05, 3.63) is 65.2 Å². The maximum atomic E-state index is 13.9. The van der Waals surface area contributed by atoms with Crippen LogP contribution in [0, 0.1) is 12.7 Å². The van der Waals surface area contributed by atoms with Crippen molar-refractivity contribution >= 4 is 15.9 Å². The van der Waals surface area contributed by atoms with Crippen molar-refractivity contribution in [2.45, 2.75) is 24.6 Å². The molecule has 18 heavy (non-hydrogen) atoms. The molecule has 0 radical (unpaired) electrons. The normalized spacial score (nSPS) is 14.2. The number of aryl methyl sites for hydroxylation is 1. The van der Waals surface area contributed by atoms with E-state index in [1.165, 1.54) is 0 Å². The van der Waals surface area contributed by atoms with Gasteiger partial charge in [0.05, 0.1) is 0 Å². The van der Waals surface area contributed by atoms with Crippen molar-refractivity contribution in [2.75, 3.05) is 0 Å². The van der Waals surface area contributed by atoms with E-state index in [1.807, 2.05) is 31.2 Å². The number of aromatic nitrogens is 1. The lowest BCUT2D eigenvalue weighted by Gasteiger charge is -2.19. The Balaban J connectivity index is 2.28. The van der Waals surface area contributed by atoms with Crippen LogP contribution in [-0.4, -0.2) is 4.98 Å². The molecule has 2 unspecified atom stereocenters. The van der Waals surface area contributed by atoms with Crippen LogP contribution < -0.4 is 0 Å². The van der Waals surface area contributed by atoms with Crippen molar-refractivity contribution in [1.82, 2.24) is 4.98 Å². The number of hydrogen-bond donors (Lipinski definition) is 0. The summed E-state index contributed by atoms with van der Waals surface area (Å²) >= 11 is 3.60. The van der Waals surface area contributed by atoms with Crippen molar-refractivity contribution < 1.29 is 4.39 Å². The van der Waals surface area contributed by atoms with Gasteiger partial charge >= 0.3 is 0 Å². The van der Waals surface area contributed by atoms with Gasteiger partial charge in [0.2, 0.25) is 0 Å². The predicted octanol–water partition coefficient (Wildman–Crippen LogP) is 4.77. The van der Waals surface area contributed by atoms with Crippen LogP contribution in [0.3, 0.4) is 0 Å². The minimum Gasteiger partial charge on any atom is -0.265 e. The predicted molar refractivity (Wildman–Crippen MR) is 75.5 cm³/mol. The minimum absolute atomic E-state index is 0.0412. The smallest absolute Gasteiger partial charge is 0.127 e. The monoisotopic (exact) mass is 307 g/mol. The molecule has 0 saturated carbocycles. The van der Waals surface area contributed by atoms with Gasteiger partial charge in [-0.3, -0.25) is 4.98 Å². The van der Waals surface area contributed by atoms with Gasteiger partial charge in [0.25, 0.3) is 0 Å². The lowest BCUT2D eigenvalue weighted by molar-refractivity contribution is 0.595. The second-order valence-electron chi connectivity index (χ2n) is 4.50. The Kier molecular flexibility index (Phi) is 4.12. The fourth-order valence-corrected chi connectivity index (χ4v) is 2.64. The highest BCUT2D eigenvalue weighted by molar-refractivity contribution is 9.09. The highest BCUT2D eigenvalue weighted by atomic mass is 79.9. The number of nitrogens with zero attached hydrogens (tertiary/aromatic N) is 1. The quantitative estimate of drug-likeness (QED) is 0.744. The van der Waals surface area contributed by atoms with Gasteiger partial charge in [-0.05, 0) is 42.2 Å². The summed E-state index contributed by atoms with van der Waals surface area (Å²) in [5, 5.41) is 0. The number of benzene rings is 1. The summed E-state index contributed by atoms with van der Waals surface area (Å²) in [5.41, 5.74) is 2.78. The summed E-state index contributed by atoms with van der Waals surface area (Å²) in [6.07, 6.45) is 3.52. The van der Waals surface area contributed by atoms with Gasteiger partial charge in [-0.2, -0.15) is 0 Å². The Morgan fingerprint density at radius 2 is 1.83 bits per heavy atom. The molecule has 0 N–H and O–H groups in total. The number of alkyl halides is 1. The number of rotatable bonds is 3. The van der Waals surface area contributed by atoms with Crippen molar-refractivity contribution in [3.63, 3.8) is 0 Å². The fourth-order valence-electron chi connectivity index (χ4n) is 1.96. The molecule has 0 fully saturated rings. The van der Waals surface area contributed by atoms with E-state index in [0.717, 1.165) is 11.1 Å². The molecule has 0 saturated heterocycles. The Morgan fingerprint density at radius 1 is 1.17 bits per heavy atom. The molecular weight excluding hydrogens is 293 g/mol. The van der Waals surface area contributed by atoms with E-state index in [-0.39, 0.29) is 16.6 Å². The van der Waals surface area contributed by atoms with Crippen LogP contribution in [0.5, 0.6) is 0 Å². The summed E-state index contributed by atoms with van der Waals surface area (Å²) < 4.78 is 13.9. The molecule has 1 aromatic carbocycles. The molecule has 2 aromatic rings. The van der Waals surface area contributed by atoms with Gasteiger partial charge in [0.15, 0.2) is 0 Å². The second-order valence-corrected chi connectivity index (χ2v) is 5.48. The topological polar surface area (TPSA) is 12.9 Å². The zero-order valence-corrected chi connectivity index (χ0v) is 12.0. The molecule has 3 heteroatoms.